The Balaban J connectivity index is 2.24. The van der Waals surface area contributed by atoms with E-state index in [1.807, 2.05) is 6.92 Å². The van der Waals surface area contributed by atoms with Crippen LogP contribution >= 0.6 is 0 Å². The monoisotopic (exact) mass is 284 g/mol. The van der Waals surface area contributed by atoms with E-state index in [-0.39, 0.29) is 11.9 Å². The maximum atomic E-state index is 12.0. The fraction of sp³-hybridized carbons (Fsp3) is 0.938. The summed E-state index contributed by atoms with van der Waals surface area (Å²) in [5.41, 5.74) is -0.557. The van der Waals surface area contributed by atoms with Crippen LogP contribution in [0.1, 0.15) is 65.7 Å². The quantitative estimate of drug-likeness (QED) is 0.705. The Morgan fingerprint density at radius 3 is 2.80 bits per heavy atom. The van der Waals surface area contributed by atoms with Crippen LogP contribution in [-0.2, 0) is 4.79 Å². The van der Waals surface area contributed by atoms with Crippen LogP contribution < -0.4 is 5.32 Å². The molecule has 2 atom stereocenters. The van der Waals surface area contributed by atoms with Gasteiger partial charge in [-0.1, -0.05) is 26.2 Å². The van der Waals surface area contributed by atoms with E-state index in [4.69, 9.17) is 0 Å². The smallest absolute Gasteiger partial charge is 0.234 e. The first-order chi connectivity index (χ1) is 9.43. The van der Waals surface area contributed by atoms with Gasteiger partial charge >= 0.3 is 0 Å². The predicted molar refractivity (Wildman–Crippen MR) is 82.7 cm³/mol. The molecule has 2 unspecified atom stereocenters. The van der Waals surface area contributed by atoms with Crippen molar-refractivity contribution >= 4 is 5.91 Å². The fourth-order valence-electron chi connectivity index (χ4n) is 2.77. The number of aliphatic hydroxyl groups is 1. The zero-order valence-electron chi connectivity index (χ0n) is 13.5. The zero-order valence-corrected chi connectivity index (χ0v) is 13.5. The Morgan fingerprint density at radius 1 is 1.35 bits per heavy atom. The van der Waals surface area contributed by atoms with Gasteiger partial charge < -0.3 is 10.4 Å². The van der Waals surface area contributed by atoms with Gasteiger partial charge in [-0.25, -0.2) is 0 Å². The van der Waals surface area contributed by atoms with Crippen LogP contribution in [0.15, 0.2) is 0 Å². The van der Waals surface area contributed by atoms with E-state index in [1.54, 1.807) is 0 Å². The van der Waals surface area contributed by atoms with Crippen molar-refractivity contribution in [2.45, 2.75) is 77.4 Å². The Labute approximate surface area is 123 Å². The van der Waals surface area contributed by atoms with Crippen LogP contribution in [0, 0.1) is 0 Å². The molecule has 2 N–H and O–H groups in total. The molecule has 1 heterocycles. The van der Waals surface area contributed by atoms with Gasteiger partial charge in [-0.3, -0.25) is 9.69 Å². The average molecular weight is 284 g/mol. The lowest BCUT2D eigenvalue weighted by Gasteiger charge is -2.23. The third-order valence-electron chi connectivity index (χ3n) is 4.17. The minimum absolute atomic E-state index is 0.121. The summed E-state index contributed by atoms with van der Waals surface area (Å²) in [6.45, 7) is 8.36. The van der Waals surface area contributed by atoms with Gasteiger partial charge in [0.15, 0.2) is 0 Å². The molecule has 1 fully saturated rings. The summed E-state index contributed by atoms with van der Waals surface area (Å²) in [7, 11) is 0. The number of rotatable bonds is 7. The Kier molecular flexibility index (Phi) is 7.52. The van der Waals surface area contributed by atoms with Crippen molar-refractivity contribution in [3.63, 3.8) is 0 Å². The molecule has 0 radical (unpaired) electrons. The van der Waals surface area contributed by atoms with E-state index < -0.39 is 5.60 Å². The molecule has 0 bridgehead atoms. The molecule has 4 nitrogen and oxygen atoms in total. The van der Waals surface area contributed by atoms with Gasteiger partial charge in [-0.15, -0.1) is 0 Å². The molecule has 1 aliphatic heterocycles. The summed E-state index contributed by atoms with van der Waals surface area (Å²) >= 11 is 0. The summed E-state index contributed by atoms with van der Waals surface area (Å²) in [5, 5.41) is 13.1. The molecule has 118 valence electrons. The van der Waals surface area contributed by atoms with Gasteiger partial charge in [-0.2, -0.15) is 0 Å². The summed E-state index contributed by atoms with van der Waals surface area (Å²) < 4.78 is 0. The van der Waals surface area contributed by atoms with Crippen LogP contribution in [0.2, 0.25) is 0 Å². The molecule has 0 saturated carbocycles. The van der Waals surface area contributed by atoms with Crippen LogP contribution in [-0.4, -0.2) is 47.2 Å². The van der Waals surface area contributed by atoms with Gasteiger partial charge in [0.2, 0.25) is 5.91 Å². The molecular weight excluding hydrogens is 252 g/mol. The summed E-state index contributed by atoms with van der Waals surface area (Å²) in [6.07, 6.45) is 7.26. The third kappa shape index (κ3) is 7.25. The first-order valence-corrected chi connectivity index (χ1v) is 8.17. The third-order valence-corrected chi connectivity index (χ3v) is 4.17. The lowest BCUT2D eigenvalue weighted by atomic mass is 9.98. The molecule has 4 heteroatoms. The van der Waals surface area contributed by atoms with Crippen molar-refractivity contribution in [2.24, 2.45) is 0 Å². The summed E-state index contributed by atoms with van der Waals surface area (Å²) in [5.74, 6) is 0.121. The van der Waals surface area contributed by atoms with Crippen LogP contribution in [0.5, 0.6) is 0 Å². The number of unbranched alkanes of at least 4 members (excludes halogenated alkanes) is 2. The molecule has 0 aromatic carbocycles. The van der Waals surface area contributed by atoms with E-state index in [9.17, 15) is 9.90 Å². The summed E-state index contributed by atoms with van der Waals surface area (Å²) in [4.78, 5) is 14.2. The molecule has 20 heavy (non-hydrogen) atoms. The number of nitrogens with zero attached hydrogens (tertiary/aromatic N) is 1. The molecule has 1 aliphatic rings. The largest absolute Gasteiger partial charge is 0.390 e. The number of carbonyl (C=O) groups excluding carboxylic acids is 1. The van der Waals surface area contributed by atoms with E-state index in [1.165, 1.54) is 19.3 Å². The highest BCUT2D eigenvalue weighted by Crippen LogP contribution is 2.21. The number of carbonyl (C=O) groups is 1. The first-order valence-electron chi connectivity index (χ1n) is 8.17. The molecule has 1 amide bonds. The van der Waals surface area contributed by atoms with Gasteiger partial charge in [0.05, 0.1) is 12.1 Å². The number of nitrogens with one attached hydrogen (secondary N) is 1. The molecule has 0 spiro atoms. The van der Waals surface area contributed by atoms with Crippen molar-refractivity contribution in [3.8, 4) is 0 Å². The second kappa shape index (κ2) is 8.63. The van der Waals surface area contributed by atoms with E-state index in [2.05, 4.69) is 24.1 Å². The lowest BCUT2D eigenvalue weighted by molar-refractivity contribution is -0.123. The standard InChI is InChI=1S/C16H32N2O2/c1-4-5-6-8-14(2)17-15(19)13-18-11-7-9-16(3,20)10-12-18/h14,20H,4-13H2,1-3H3,(H,17,19). The molecule has 1 saturated heterocycles. The van der Waals surface area contributed by atoms with Crippen LogP contribution in [0.3, 0.4) is 0 Å². The van der Waals surface area contributed by atoms with Crippen molar-refractivity contribution in [1.82, 2.24) is 10.2 Å². The maximum Gasteiger partial charge on any atom is 0.234 e. The molecule has 0 aromatic heterocycles. The Hall–Kier alpha value is -0.610. The first kappa shape index (κ1) is 17.4. The Bertz CT molecular complexity index is 292. The highest BCUT2D eigenvalue weighted by atomic mass is 16.3. The van der Waals surface area contributed by atoms with Crippen molar-refractivity contribution in [1.29, 1.82) is 0 Å². The highest BCUT2D eigenvalue weighted by molar-refractivity contribution is 5.78. The number of likely N-dealkylation sites (tertiary alicyclic amines) is 1. The van der Waals surface area contributed by atoms with Crippen molar-refractivity contribution < 1.29 is 9.90 Å². The minimum Gasteiger partial charge on any atom is -0.390 e. The van der Waals surface area contributed by atoms with Gasteiger partial charge in [-0.05, 0) is 46.1 Å². The van der Waals surface area contributed by atoms with Gasteiger partial charge in [0, 0.05) is 12.6 Å². The fourth-order valence-corrected chi connectivity index (χ4v) is 2.77. The van der Waals surface area contributed by atoms with E-state index >= 15 is 0 Å². The number of hydrogen-bond acceptors (Lipinski definition) is 3. The topological polar surface area (TPSA) is 52.6 Å². The van der Waals surface area contributed by atoms with E-state index in [0.29, 0.717) is 6.54 Å². The average Bonchev–Trinajstić information content (AvgIpc) is 2.51. The minimum atomic E-state index is -0.557. The van der Waals surface area contributed by atoms with E-state index in [0.717, 1.165) is 38.8 Å². The maximum absolute atomic E-state index is 12.0. The zero-order chi connectivity index (χ0) is 15.0. The number of hydrogen-bond donors (Lipinski definition) is 2. The normalized spacial score (nSPS) is 26.0. The number of amides is 1. The highest BCUT2D eigenvalue weighted by Gasteiger charge is 2.25. The SMILES string of the molecule is CCCCCC(C)NC(=O)CN1CCCC(C)(O)CC1. The van der Waals surface area contributed by atoms with Gasteiger partial charge in [0.25, 0.3) is 0 Å². The molecule has 1 rings (SSSR count). The summed E-state index contributed by atoms with van der Waals surface area (Å²) in [6, 6.07) is 0.268. The van der Waals surface area contributed by atoms with Gasteiger partial charge in [0.1, 0.15) is 0 Å². The second-order valence-electron chi connectivity index (χ2n) is 6.59. The predicted octanol–water partition coefficient (Wildman–Crippen LogP) is 2.31. The molecule has 0 aromatic rings. The molecular formula is C16H32N2O2. The van der Waals surface area contributed by atoms with Crippen molar-refractivity contribution in [2.75, 3.05) is 19.6 Å². The Morgan fingerprint density at radius 2 is 2.10 bits per heavy atom. The van der Waals surface area contributed by atoms with Crippen molar-refractivity contribution in [3.05, 3.63) is 0 Å². The van der Waals surface area contributed by atoms with Crippen LogP contribution in [0.25, 0.3) is 0 Å². The van der Waals surface area contributed by atoms with Crippen LogP contribution in [0.4, 0.5) is 0 Å². The molecule has 0 aliphatic carbocycles. The lowest BCUT2D eigenvalue weighted by Crippen LogP contribution is -2.41. The second-order valence-corrected chi connectivity index (χ2v) is 6.59.